The van der Waals surface area contributed by atoms with Crippen LogP contribution in [-0.4, -0.2) is 42.8 Å². The van der Waals surface area contributed by atoms with Crippen LogP contribution in [0.15, 0.2) is 24.3 Å². The van der Waals surface area contributed by atoms with Crippen LogP contribution in [0, 0.1) is 10.1 Å². The van der Waals surface area contributed by atoms with E-state index in [1.807, 2.05) is 18.0 Å². The molecule has 0 spiro atoms. The molecule has 1 fully saturated rings. The molecule has 0 unspecified atom stereocenters. The minimum absolute atomic E-state index is 0.0250. The third kappa shape index (κ3) is 4.04. The normalized spacial score (nSPS) is 22.7. The molecular weight excluding hydrogens is 304 g/mol. The van der Waals surface area contributed by atoms with Crippen LogP contribution < -0.4 is 0 Å². The van der Waals surface area contributed by atoms with Gasteiger partial charge >= 0.3 is 0 Å². The number of hydrogen-bond acceptors (Lipinski definition) is 5. The van der Waals surface area contributed by atoms with Crippen LogP contribution in [-0.2, 0) is 16.4 Å². The lowest BCUT2D eigenvalue weighted by Gasteiger charge is -2.37. The van der Waals surface area contributed by atoms with Crippen molar-refractivity contribution < 1.29 is 13.3 Å². The molecule has 0 aliphatic heterocycles. The van der Waals surface area contributed by atoms with E-state index >= 15 is 0 Å². The van der Waals surface area contributed by atoms with E-state index in [-0.39, 0.29) is 17.0 Å². The van der Waals surface area contributed by atoms with Gasteiger partial charge in [0.05, 0.1) is 10.2 Å². The number of nitrogens with zero attached hydrogens (tertiary/aromatic N) is 2. The molecule has 1 aromatic rings. The van der Waals surface area contributed by atoms with Crippen LogP contribution >= 0.6 is 0 Å². The Morgan fingerprint density at radius 2 is 2.00 bits per heavy atom. The van der Waals surface area contributed by atoms with Gasteiger partial charge in [0.15, 0.2) is 9.84 Å². The number of nitro groups is 1. The van der Waals surface area contributed by atoms with Gasteiger partial charge in [-0.2, -0.15) is 0 Å². The second-order valence-electron chi connectivity index (χ2n) is 6.06. The molecule has 0 heterocycles. The lowest BCUT2D eigenvalue weighted by molar-refractivity contribution is -0.384. The molecule has 0 aromatic heterocycles. The number of benzene rings is 1. The first-order chi connectivity index (χ1) is 10.3. The molecule has 0 bridgehead atoms. The lowest BCUT2D eigenvalue weighted by atomic mass is 9.93. The van der Waals surface area contributed by atoms with Crippen molar-refractivity contribution in [1.29, 1.82) is 0 Å². The lowest BCUT2D eigenvalue weighted by Crippen LogP contribution is -2.46. The van der Waals surface area contributed by atoms with E-state index in [0.717, 1.165) is 24.8 Å². The fourth-order valence-corrected chi connectivity index (χ4v) is 4.76. The van der Waals surface area contributed by atoms with E-state index in [9.17, 15) is 18.5 Å². The molecule has 1 aromatic carbocycles. The summed E-state index contributed by atoms with van der Waals surface area (Å²) in [6.07, 6.45) is 4.82. The molecule has 1 saturated carbocycles. The summed E-state index contributed by atoms with van der Waals surface area (Å²) in [6, 6.07) is 6.49. The summed E-state index contributed by atoms with van der Waals surface area (Å²) in [5.74, 6) is 0. The maximum Gasteiger partial charge on any atom is 0.269 e. The van der Waals surface area contributed by atoms with Gasteiger partial charge in [-0.15, -0.1) is 0 Å². The van der Waals surface area contributed by atoms with Gasteiger partial charge in [0.1, 0.15) is 0 Å². The van der Waals surface area contributed by atoms with Crippen molar-refractivity contribution >= 4 is 15.5 Å². The number of sulfone groups is 1. The van der Waals surface area contributed by atoms with E-state index in [0.29, 0.717) is 13.0 Å². The van der Waals surface area contributed by atoms with Gasteiger partial charge in [0.25, 0.3) is 5.69 Å². The zero-order chi connectivity index (χ0) is 16.3. The smallest absolute Gasteiger partial charge is 0.269 e. The van der Waals surface area contributed by atoms with E-state index in [1.165, 1.54) is 12.3 Å². The average Bonchev–Trinajstić information content (AvgIpc) is 2.46. The van der Waals surface area contributed by atoms with Crippen LogP contribution in [0.3, 0.4) is 0 Å². The molecule has 0 radical (unpaired) electrons. The highest BCUT2D eigenvalue weighted by atomic mass is 32.2. The summed E-state index contributed by atoms with van der Waals surface area (Å²) in [7, 11) is -1.19. The van der Waals surface area contributed by atoms with Crippen molar-refractivity contribution in [2.24, 2.45) is 0 Å². The third-order valence-corrected chi connectivity index (χ3v) is 5.99. The fraction of sp³-hybridized carbons (Fsp3) is 0.600. The van der Waals surface area contributed by atoms with Crippen LogP contribution in [0.25, 0.3) is 0 Å². The van der Waals surface area contributed by atoms with Crippen LogP contribution in [0.2, 0.25) is 0 Å². The highest BCUT2D eigenvalue weighted by molar-refractivity contribution is 7.91. The second-order valence-corrected chi connectivity index (χ2v) is 8.33. The fourth-order valence-electron chi connectivity index (χ4n) is 3.25. The van der Waals surface area contributed by atoms with Crippen molar-refractivity contribution in [3.8, 4) is 0 Å². The van der Waals surface area contributed by atoms with Gasteiger partial charge < -0.3 is 0 Å². The zero-order valence-corrected chi connectivity index (χ0v) is 13.8. The van der Waals surface area contributed by atoms with Crippen LogP contribution in [0.1, 0.15) is 31.2 Å². The van der Waals surface area contributed by atoms with E-state index in [4.69, 9.17) is 0 Å². The van der Waals surface area contributed by atoms with E-state index < -0.39 is 14.8 Å². The Kier molecular flexibility index (Phi) is 5.18. The highest BCUT2D eigenvalue weighted by Gasteiger charge is 2.35. The first-order valence-corrected chi connectivity index (χ1v) is 9.37. The average molecular weight is 326 g/mol. The second kappa shape index (κ2) is 6.75. The molecule has 0 saturated heterocycles. The van der Waals surface area contributed by atoms with Crippen molar-refractivity contribution in [3.63, 3.8) is 0 Å². The highest BCUT2D eigenvalue weighted by Crippen LogP contribution is 2.28. The topological polar surface area (TPSA) is 80.5 Å². The van der Waals surface area contributed by atoms with Gasteiger partial charge in [0, 0.05) is 31.0 Å². The molecule has 122 valence electrons. The zero-order valence-electron chi connectivity index (χ0n) is 12.9. The number of hydrogen-bond donors (Lipinski definition) is 0. The first kappa shape index (κ1) is 16.9. The van der Waals surface area contributed by atoms with E-state index in [2.05, 4.69) is 0 Å². The first-order valence-electron chi connectivity index (χ1n) is 7.41. The molecule has 7 heteroatoms. The van der Waals surface area contributed by atoms with Gasteiger partial charge in [-0.1, -0.05) is 25.0 Å². The van der Waals surface area contributed by atoms with Gasteiger partial charge in [-0.3, -0.25) is 15.0 Å². The molecule has 6 nitrogen and oxygen atoms in total. The summed E-state index contributed by atoms with van der Waals surface area (Å²) in [4.78, 5) is 12.4. The predicted octanol–water partition coefficient (Wildman–Crippen LogP) is 2.38. The quantitative estimate of drug-likeness (QED) is 0.613. The monoisotopic (exact) mass is 326 g/mol. The molecular formula is C15H22N2O4S. The molecule has 1 aliphatic rings. The van der Waals surface area contributed by atoms with Gasteiger partial charge in [-0.05, 0) is 25.5 Å². The largest absolute Gasteiger partial charge is 0.298 e. The number of rotatable bonds is 5. The maximum absolute atomic E-state index is 12.0. The predicted molar refractivity (Wildman–Crippen MR) is 85.5 cm³/mol. The Bertz CT molecular complexity index is 645. The van der Waals surface area contributed by atoms with Crippen molar-refractivity contribution in [1.82, 2.24) is 4.90 Å². The van der Waals surface area contributed by atoms with E-state index in [1.54, 1.807) is 12.1 Å². The van der Waals surface area contributed by atoms with Gasteiger partial charge in [0.2, 0.25) is 0 Å². The maximum atomic E-state index is 12.0. The van der Waals surface area contributed by atoms with Crippen LogP contribution in [0.4, 0.5) is 5.69 Å². The Morgan fingerprint density at radius 1 is 1.32 bits per heavy atom. The van der Waals surface area contributed by atoms with Crippen LogP contribution in [0.5, 0.6) is 0 Å². The van der Waals surface area contributed by atoms with Crippen molar-refractivity contribution in [2.75, 3.05) is 13.3 Å². The molecule has 2 atom stereocenters. The Balaban J connectivity index is 2.15. The summed E-state index contributed by atoms with van der Waals surface area (Å²) >= 11 is 0. The third-order valence-electron chi connectivity index (χ3n) is 4.34. The minimum Gasteiger partial charge on any atom is -0.298 e. The Hall–Kier alpha value is -1.47. The summed E-state index contributed by atoms with van der Waals surface area (Å²) in [5, 5.41) is 10.5. The standard InChI is InChI=1S/C15H22N2O4S/c1-16(11-12-6-5-7-13(10-12)17(18)19)14-8-3-4-9-15(14)22(2,20)21/h5-7,10,14-15H,3-4,8-9,11H2,1-2H3/t14-,15-/m1/s1. The molecule has 22 heavy (non-hydrogen) atoms. The number of nitro benzene ring substituents is 1. The summed E-state index contributed by atoms with van der Waals surface area (Å²) in [6.45, 7) is 0.512. The minimum atomic E-state index is -3.08. The van der Waals surface area contributed by atoms with Crippen molar-refractivity contribution in [2.45, 2.75) is 43.5 Å². The Morgan fingerprint density at radius 3 is 2.64 bits per heavy atom. The molecule has 0 amide bonds. The summed E-state index contributed by atoms with van der Waals surface area (Å²) < 4.78 is 24.0. The SMILES string of the molecule is CN(Cc1cccc([N+](=O)[O-])c1)[C@@H]1CCCC[C@H]1S(C)(=O)=O. The molecule has 0 N–H and O–H groups in total. The molecule has 1 aliphatic carbocycles. The number of non-ortho nitro benzene ring substituents is 1. The Labute approximate surface area is 131 Å². The van der Waals surface area contributed by atoms with Gasteiger partial charge in [-0.25, -0.2) is 8.42 Å². The summed E-state index contributed by atoms with van der Waals surface area (Å²) in [5.41, 5.74) is 0.892. The van der Waals surface area contributed by atoms with Crippen molar-refractivity contribution in [3.05, 3.63) is 39.9 Å². The molecule has 2 rings (SSSR count).